The van der Waals surface area contributed by atoms with Gasteiger partial charge in [-0.15, -0.1) is 0 Å². The summed E-state index contributed by atoms with van der Waals surface area (Å²) >= 11 is 0. The number of hydrogen-bond acceptors (Lipinski definition) is 6. The number of carbonyl (C=O) groups is 3. The highest BCUT2D eigenvalue weighted by atomic mass is 16.6. The third-order valence-corrected chi connectivity index (χ3v) is 11.8. The van der Waals surface area contributed by atoms with Crippen LogP contribution in [-0.4, -0.2) is 37.2 Å². The molecule has 0 aliphatic rings. The molecule has 0 saturated carbocycles. The third-order valence-electron chi connectivity index (χ3n) is 11.8. The van der Waals surface area contributed by atoms with Crippen LogP contribution in [0.1, 0.15) is 258 Å². The lowest BCUT2D eigenvalue weighted by molar-refractivity contribution is -0.167. The number of allylic oxidation sites excluding steroid dienone is 16. The molecular weight excluding hydrogens is 841 g/mol. The maximum atomic E-state index is 12.8. The lowest BCUT2D eigenvalue weighted by atomic mass is 10.1. The molecule has 1 unspecified atom stereocenters. The zero-order chi connectivity index (χ0) is 49.3. The highest BCUT2D eigenvalue weighted by Gasteiger charge is 2.19. The van der Waals surface area contributed by atoms with Gasteiger partial charge in [-0.2, -0.15) is 0 Å². The van der Waals surface area contributed by atoms with Crippen molar-refractivity contribution in [3.63, 3.8) is 0 Å². The van der Waals surface area contributed by atoms with Crippen LogP contribution in [0.3, 0.4) is 0 Å². The van der Waals surface area contributed by atoms with E-state index in [4.69, 9.17) is 14.2 Å². The molecule has 0 fully saturated rings. The van der Waals surface area contributed by atoms with Crippen molar-refractivity contribution in [3.8, 4) is 0 Å². The number of hydrogen-bond donors (Lipinski definition) is 0. The van der Waals surface area contributed by atoms with E-state index in [1.54, 1.807) is 0 Å². The average molecular weight is 946 g/mol. The Labute approximate surface area is 419 Å². The van der Waals surface area contributed by atoms with Crippen molar-refractivity contribution in [1.29, 1.82) is 0 Å². The van der Waals surface area contributed by atoms with Crippen molar-refractivity contribution in [2.75, 3.05) is 13.2 Å². The summed E-state index contributed by atoms with van der Waals surface area (Å²) in [5, 5.41) is 0. The Balaban J connectivity index is 4.13. The Morgan fingerprint density at radius 1 is 0.309 bits per heavy atom. The Morgan fingerprint density at radius 2 is 0.574 bits per heavy atom. The summed E-state index contributed by atoms with van der Waals surface area (Å²) in [4.78, 5) is 37.8. The SMILES string of the molecule is CC/C=C\C/C=C\C/C=C\C/C=C\C/C=C\C/C=C\CCCCCCCCCCCCC(=O)OCC(COC(=O)CCCCCCCC)OC(=O)CCCCCCC/C=C\C/C=C\CCCCC. The molecule has 0 aromatic carbocycles. The van der Waals surface area contributed by atoms with E-state index in [9.17, 15) is 14.4 Å². The molecule has 0 amide bonds. The number of unbranched alkanes of at least 4 members (excludes halogenated alkanes) is 23. The van der Waals surface area contributed by atoms with E-state index < -0.39 is 6.10 Å². The first-order valence-electron chi connectivity index (χ1n) is 28.2. The van der Waals surface area contributed by atoms with Gasteiger partial charge in [-0.3, -0.25) is 14.4 Å². The number of ether oxygens (including phenoxy) is 3. The van der Waals surface area contributed by atoms with Crippen molar-refractivity contribution in [1.82, 2.24) is 0 Å². The monoisotopic (exact) mass is 945 g/mol. The molecular formula is C62H104O6. The molecule has 6 nitrogen and oxygen atoms in total. The first kappa shape index (κ1) is 64.3. The predicted molar refractivity (Wildman–Crippen MR) is 293 cm³/mol. The van der Waals surface area contributed by atoms with E-state index in [-0.39, 0.29) is 31.1 Å². The summed E-state index contributed by atoms with van der Waals surface area (Å²) in [5.74, 6) is -0.912. The van der Waals surface area contributed by atoms with Crippen LogP contribution in [0.25, 0.3) is 0 Å². The summed E-state index contributed by atoms with van der Waals surface area (Å²) < 4.78 is 16.7. The van der Waals surface area contributed by atoms with Crippen LogP contribution in [0.15, 0.2) is 97.2 Å². The van der Waals surface area contributed by atoms with E-state index in [1.807, 2.05) is 0 Å². The minimum absolute atomic E-state index is 0.0840. The number of rotatable bonds is 50. The van der Waals surface area contributed by atoms with Gasteiger partial charge in [0, 0.05) is 19.3 Å². The minimum Gasteiger partial charge on any atom is -0.462 e. The van der Waals surface area contributed by atoms with Crippen LogP contribution in [-0.2, 0) is 28.6 Å². The fraction of sp³-hybridized carbons (Fsp3) is 0.694. The maximum absolute atomic E-state index is 12.8. The quantitative estimate of drug-likeness (QED) is 0.0262. The van der Waals surface area contributed by atoms with Gasteiger partial charge in [0.2, 0.25) is 0 Å². The first-order chi connectivity index (χ1) is 33.5. The molecule has 0 rings (SSSR count). The van der Waals surface area contributed by atoms with Gasteiger partial charge in [-0.1, -0.05) is 234 Å². The van der Waals surface area contributed by atoms with Crippen LogP contribution < -0.4 is 0 Å². The molecule has 68 heavy (non-hydrogen) atoms. The molecule has 0 aliphatic heterocycles. The van der Waals surface area contributed by atoms with Gasteiger partial charge >= 0.3 is 17.9 Å². The van der Waals surface area contributed by atoms with Crippen molar-refractivity contribution < 1.29 is 28.6 Å². The summed E-state index contributed by atoms with van der Waals surface area (Å²) in [6, 6.07) is 0. The molecule has 6 heteroatoms. The van der Waals surface area contributed by atoms with E-state index in [0.717, 1.165) is 122 Å². The topological polar surface area (TPSA) is 78.9 Å². The van der Waals surface area contributed by atoms with Gasteiger partial charge in [0.05, 0.1) is 0 Å². The summed E-state index contributed by atoms with van der Waals surface area (Å²) in [7, 11) is 0. The van der Waals surface area contributed by atoms with E-state index in [0.29, 0.717) is 19.3 Å². The molecule has 388 valence electrons. The van der Waals surface area contributed by atoms with Gasteiger partial charge in [-0.05, 0) is 103 Å². The smallest absolute Gasteiger partial charge is 0.306 e. The molecule has 0 heterocycles. The molecule has 0 spiro atoms. The van der Waals surface area contributed by atoms with Crippen molar-refractivity contribution in [3.05, 3.63) is 97.2 Å². The van der Waals surface area contributed by atoms with Gasteiger partial charge in [0.1, 0.15) is 13.2 Å². The third kappa shape index (κ3) is 53.3. The zero-order valence-electron chi connectivity index (χ0n) is 44.3. The molecule has 0 N–H and O–H groups in total. The molecule has 0 aromatic heterocycles. The predicted octanol–water partition coefficient (Wildman–Crippen LogP) is 18.9. The highest BCUT2D eigenvalue weighted by molar-refractivity contribution is 5.71. The van der Waals surface area contributed by atoms with Crippen LogP contribution >= 0.6 is 0 Å². The summed E-state index contributed by atoms with van der Waals surface area (Å²) in [6.45, 7) is 6.42. The average Bonchev–Trinajstić information content (AvgIpc) is 3.34. The molecule has 1 atom stereocenters. The summed E-state index contributed by atoms with van der Waals surface area (Å²) in [5.41, 5.74) is 0. The molecule has 0 radical (unpaired) electrons. The number of esters is 3. The lowest BCUT2D eigenvalue weighted by Crippen LogP contribution is -2.30. The van der Waals surface area contributed by atoms with Crippen molar-refractivity contribution in [2.24, 2.45) is 0 Å². The Kier molecular flexibility index (Phi) is 52.9. The van der Waals surface area contributed by atoms with E-state index in [1.165, 1.54) is 96.3 Å². The van der Waals surface area contributed by atoms with E-state index in [2.05, 4.69) is 118 Å². The minimum atomic E-state index is -0.783. The fourth-order valence-corrected chi connectivity index (χ4v) is 7.59. The first-order valence-corrected chi connectivity index (χ1v) is 28.2. The van der Waals surface area contributed by atoms with Crippen LogP contribution in [0.4, 0.5) is 0 Å². The Hall–Kier alpha value is -3.67. The van der Waals surface area contributed by atoms with E-state index >= 15 is 0 Å². The molecule has 0 aliphatic carbocycles. The largest absolute Gasteiger partial charge is 0.462 e. The van der Waals surface area contributed by atoms with Gasteiger partial charge in [0.15, 0.2) is 6.10 Å². The maximum Gasteiger partial charge on any atom is 0.306 e. The van der Waals surface area contributed by atoms with Crippen LogP contribution in [0, 0.1) is 0 Å². The van der Waals surface area contributed by atoms with Crippen LogP contribution in [0.5, 0.6) is 0 Å². The normalized spacial score (nSPS) is 12.8. The zero-order valence-corrected chi connectivity index (χ0v) is 44.3. The second kappa shape index (κ2) is 55.9. The Morgan fingerprint density at radius 3 is 0.926 bits per heavy atom. The van der Waals surface area contributed by atoms with Gasteiger partial charge in [-0.25, -0.2) is 0 Å². The molecule has 0 aromatic rings. The van der Waals surface area contributed by atoms with Crippen molar-refractivity contribution in [2.45, 2.75) is 264 Å². The van der Waals surface area contributed by atoms with Gasteiger partial charge in [0.25, 0.3) is 0 Å². The highest BCUT2D eigenvalue weighted by Crippen LogP contribution is 2.14. The second-order valence-corrected chi connectivity index (χ2v) is 18.5. The Bertz CT molecular complexity index is 1360. The van der Waals surface area contributed by atoms with Crippen LogP contribution in [0.2, 0.25) is 0 Å². The fourth-order valence-electron chi connectivity index (χ4n) is 7.59. The lowest BCUT2D eigenvalue weighted by Gasteiger charge is -2.18. The molecule has 0 saturated heterocycles. The molecule has 0 bridgehead atoms. The second-order valence-electron chi connectivity index (χ2n) is 18.5. The standard InChI is InChI=1S/C62H104O6/c1-4-7-10-13-16-18-20-22-24-25-26-27-28-29-30-31-32-33-34-35-36-37-39-40-42-44-46-49-52-55-61(64)67-58-59(57-66-60(63)54-51-48-15-12-9-6-3)68-62(65)56-53-50-47-45-43-41-38-23-21-19-17-14-11-8-5-2/h7,10,16-19,22-24,26-27,29-30,32-33,38,59H,4-6,8-9,11-15,20-21,25,28,31,34-37,39-58H2,1-3H3/b10-7-,18-16-,19-17-,24-22-,27-26-,30-29-,33-32-,38-23-. The number of carbonyl (C=O) groups excluding carboxylic acids is 3. The summed E-state index contributed by atoms with van der Waals surface area (Å²) in [6.07, 6.45) is 74.3. The van der Waals surface area contributed by atoms with Crippen molar-refractivity contribution >= 4 is 17.9 Å². The van der Waals surface area contributed by atoms with Gasteiger partial charge < -0.3 is 14.2 Å².